The number of carbonyl (C=O) groups is 1. The lowest BCUT2D eigenvalue weighted by Gasteiger charge is -2.12. The maximum Gasteiger partial charge on any atom is 0.159 e. The van der Waals surface area contributed by atoms with Crippen LogP contribution in [-0.2, 0) is 11.4 Å². The van der Waals surface area contributed by atoms with Crippen LogP contribution in [0.4, 0.5) is 0 Å². The Balaban J connectivity index is 1.59. The number of hydrogen-bond acceptors (Lipinski definition) is 4. The number of hydrogen-bond donors (Lipinski definition) is 1. The molecule has 1 aliphatic rings. The molecule has 2 atom stereocenters. The van der Waals surface area contributed by atoms with Gasteiger partial charge in [-0.1, -0.05) is 41.6 Å². The van der Waals surface area contributed by atoms with E-state index < -0.39 is 12.0 Å². The molecule has 0 bridgehead atoms. The lowest BCUT2D eigenvalue weighted by Crippen LogP contribution is -2.90. The summed E-state index contributed by atoms with van der Waals surface area (Å²) in [4.78, 5) is 10.9. The van der Waals surface area contributed by atoms with Gasteiger partial charge in [0.2, 0.25) is 0 Å². The maximum atomic E-state index is 10.9. The van der Waals surface area contributed by atoms with Crippen molar-refractivity contribution in [2.75, 3.05) is 5.75 Å². The summed E-state index contributed by atoms with van der Waals surface area (Å²) < 4.78 is 5.74. The van der Waals surface area contributed by atoms with Crippen molar-refractivity contribution < 1.29 is 20.0 Å². The molecule has 0 amide bonds. The molecule has 1 aliphatic heterocycles. The zero-order chi connectivity index (χ0) is 16.2. The van der Waals surface area contributed by atoms with E-state index in [1.54, 1.807) is 11.8 Å². The van der Waals surface area contributed by atoms with E-state index >= 15 is 0 Å². The molecule has 1 saturated heterocycles. The third-order valence-corrected chi connectivity index (χ3v) is 5.43. The Morgan fingerprint density at radius 1 is 1.26 bits per heavy atom. The Morgan fingerprint density at radius 3 is 2.65 bits per heavy atom. The number of halogens is 1. The first-order valence-corrected chi connectivity index (χ1v) is 8.70. The Labute approximate surface area is 143 Å². The monoisotopic (exact) mass is 349 g/mol. The van der Waals surface area contributed by atoms with Crippen LogP contribution in [0.5, 0.6) is 5.75 Å². The van der Waals surface area contributed by atoms with Crippen LogP contribution in [-0.4, -0.2) is 17.8 Å². The predicted octanol–water partition coefficient (Wildman–Crippen LogP) is 1.35. The molecule has 1 fully saturated rings. The standard InChI is InChI=1S/C17H16ClNO3S/c18-14-4-2-1-3-12(14)9-22-13-7-5-11(6-8-13)16-19-15(10-23-16)17(20)21/h1-8,15-16,19H,9-10H2,(H,20,21)/t15-,16-/m0/s1. The zero-order valence-corrected chi connectivity index (χ0v) is 13.8. The van der Waals surface area contributed by atoms with Crippen LogP contribution in [0.3, 0.4) is 0 Å². The summed E-state index contributed by atoms with van der Waals surface area (Å²) >= 11 is 7.72. The second-order valence-corrected chi connectivity index (χ2v) is 6.90. The van der Waals surface area contributed by atoms with Crippen LogP contribution < -0.4 is 15.2 Å². The van der Waals surface area contributed by atoms with Crippen LogP contribution in [0.25, 0.3) is 0 Å². The van der Waals surface area contributed by atoms with Gasteiger partial charge in [0, 0.05) is 16.1 Å². The number of carboxylic acid groups (broad SMARTS) is 1. The maximum absolute atomic E-state index is 10.9. The number of carboxylic acids is 1. The summed E-state index contributed by atoms with van der Waals surface area (Å²) in [5, 5.41) is 13.5. The van der Waals surface area contributed by atoms with Gasteiger partial charge < -0.3 is 20.0 Å². The minimum absolute atomic E-state index is 0.0931. The van der Waals surface area contributed by atoms with Crippen LogP contribution >= 0.6 is 23.4 Å². The Morgan fingerprint density at radius 2 is 2.00 bits per heavy atom. The Hall–Kier alpha value is -1.69. The second-order valence-electron chi connectivity index (χ2n) is 5.32. The number of ether oxygens (including phenoxy) is 1. The number of nitrogens with two attached hydrogens (primary N) is 1. The van der Waals surface area contributed by atoms with Gasteiger partial charge in [-0.3, -0.25) is 0 Å². The summed E-state index contributed by atoms with van der Waals surface area (Å²) in [6, 6.07) is 14.8. The molecule has 2 N–H and O–H groups in total. The van der Waals surface area contributed by atoms with Crippen LogP contribution in [0.15, 0.2) is 48.5 Å². The van der Waals surface area contributed by atoms with E-state index in [9.17, 15) is 9.90 Å². The summed E-state index contributed by atoms with van der Waals surface area (Å²) in [5.41, 5.74) is 2.01. The molecule has 0 saturated carbocycles. The minimum Gasteiger partial charge on any atom is -0.544 e. The van der Waals surface area contributed by atoms with Gasteiger partial charge in [-0.05, 0) is 30.3 Å². The summed E-state index contributed by atoms with van der Waals surface area (Å²) in [6.45, 7) is 0.413. The number of thioether (sulfide) groups is 1. The molecule has 1 heterocycles. The molecule has 120 valence electrons. The number of aliphatic carboxylic acids is 1. The van der Waals surface area contributed by atoms with E-state index in [0.29, 0.717) is 17.4 Å². The fraction of sp³-hybridized carbons (Fsp3) is 0.235. The molecule has 6 heteroatoms. The van der Waals surface area contributed by atoms with Gasteiger partial charge in [0.1, 0.15) is 24.4 Å². The van der Waals surface area contributed by atoms with Crippen LogP contribution in [0.2, 0.25) is 5.02 Å². The van der Waals surface area contributed by atoms with Crippen molar-refractivity contribution in [1.82, 2.24) is 0 Å². The van der Waals surface area contributed by atoms with E-state index in [1.165, 1.54) is 0 Å². The largest absolute Gasteiger partial charge is 0.544 e. The lowest BCUT2D eigenvalue weighted by atomic mass is 10.2. The molecular weight excluding hydrogens is 334 g/mol. The quantitative estimate of drug-likeness (QED) is 0.884. The highest BCUT2D eigenvalue weighted by Gasteiger charge is 2.30. The zero-order valence-electron chi connectivity index (χ0n) is 12.3. The van der Waals surface area contributed by atoms with Crippen LogP contribution in [0.1, 0.15) is 16.5 Å². The summed E-state index contributed by atoms with van der Waals surface area (Å²) in [7, 11) is 0. The van der Waals surface area contributed by atoms with E-state index in [2.05, 4.69) is 0 Å². The molecule has 4 nitrogen and oxygen atoms in total. The molecule has 3 rings (SSSR count). The number of benzene rings is 2. The Kier molecular flexibility index (Phi) is 5.10. The SMILES string of the molecule is O=C([O-])[C@@H]1CS[C@@H](c2ccc(OCc3ccccc3Cl)cc2)[NH2+]1. The molecule has 0 radical (unpaired) electrons. The van der Waals surface area contributed by atoms with E-state index in [4.69, 9.17) is 16.3 Å². The van der Waals surface area contributed by atoms with E-state index in [-0.39, 0.29) is 5.37 Å². The fourth-order valence-corrected chi connectivity index (χ4v) is 3.92. The highest BCUT2D eigenvalue weighted by Crippen LogP contribution is 2.28. The lowest BCUT2D eigenvalue weighted by molar-refractivity contribution is -0.690. The predicted molar refractivity (Wildman–Crippen MR) is 88.1 cm³/mol. The van der Waals surface area contributed by atoms with Crippen molar-refractivity contribution in [3.8, 4) is 5.75 Å². The molecule has 0 aromatic heterocycles. The average molecular weight is 350 g/mol. The van der Waals surface area contributed by atoms with Gasteiger partial charge in [-0.25, -0.2) is 0 Å². The van der Waals surface area contributed by atoms with Gasteiger partial charge in [-0.15, -0.1) is 0 Å². The van der Waals surface area contributed by atoms with Crippen molar-refractivity contribution in [3.63, 3.8) is 0 Å². The minimum atomic E-state index is -1.00. The summed E-state index contributed by atoms with van der Waals surface area (Å²) in [5.74, 6) is 0.324. The third kappa shape index (κ3) is 3.99. The first-order valence-electron chi connectivity index (χ1n) is 7.27. The van der Waals surface area contributed by atoms with Gasteiger partial charge in [0.15, 0.2) is 5.37 Å². The topological polar surface area (TPSA) is 66.0 Å². The van der Waals surface area contributed by atoms with Gasteiger partial charge in [0.25, 0.3) is 0 Å². The van der Waals surface area contributed by atoms with Crippen molar-refractivity contribution in [2.45, 2.75) is 18.0 Å². The molecule has 23 heavy (non-hydrogen) atoms. The van der Waals surface area contributed by atoms with Crippen molar-refractivity contribution in [2.24, 2.45) is 0 Å². The first kappa shape index (κ1) is 16.2. The highest BCUT2D eigenvalue weighted by atomic mass is 35.5. The second kappa shape index (κ2) is 7.25. The van der Waals surface area contributed by atoms with Gasteiger partial charge in [0.05, 0.1) is 5.75 Å². The molecule has 2 aromatic rings. The van der Waals surface area contributed by atoms with Gasteiger partial charge >= 0.3 is 0 Å². The number of rotatable bonds is 5. The molecule has 0 unspecified atom stereocenters. The van der Waals surface area contributed by atoms with E-state index in [0.717, 1.165) is 16.9 Å². The fourth-order valence-electron chi connectivity index (χ4n) is 2.41. The van der Waals surface area contributed by atoms with Gasteiger partial charge in [-0.2, -0.15) is 0 Å². The highest BCUT2D eigenvalue weighted by molar-refractivity contribution is 7.99. The van der Waals surface area contributed by atoms with Crippen molar-refractivity contribution >= 4 is 29.3 Å². The number of quaternary nitrogens is 1. The Bertz CT molecular complexity index is 692. The first-order chi connectivity index (χ1) is 11.1. The molecule has 0 aliphatic carbocycles. The molecule has 2 aromatic carbocycles. The van der Waals surface area contributed by atoms with Crippen molar-refractivity contribution in [3.05, 3.63) is 64.7 Å². The van der Waals surface area contributed by atoms with Crippen LogP contribution in [0, 0.1) is 0 Å². The average Bonchev–Trinajstić information content (AvgIpc) is 3.05. The van der Waals surface area contributed by atoms with Crippen molar-refractivity contribution in [1.29, 1.82) is 0 Å². The summed E-state index contributed by atoms with van der Waals surface area (Å²) in [6.07, 6.45) is 0. The molecule has 0 spiro atoms. The van der Waals surface area contributed by atoms with E-state index in [1.807, 2.05) is 53.8 Å². The smallest absolute Gasteiger partial charge is 0.159 e. The molecular formula is C17H16ClNO3S. The number of carbonyl (C=O) groups excluding carboxylic acids is 1. The normalized spacial score (nSPS) is 20.4. The third-order valence-electron chi connectivity index (χ3n) is 3.73.